The molecule has 1 aromatic carbocycles. The fourth-order valence-corrected chi connectivity index (χ4v) is 3.00. The molecule has 2 rings (SSSR count). The van der Waals surface area contributed by atoms with Crippen LogP contribution in [-0.2, 0) is 10.0 Å². The van der Waals surface area contributed by atoms with Crippen molar-refractivity contribution in [2.75, 3.05) is 19.4 Å². The number of hydrogen-bond donors (Lipinski definition) is 1. The maximum absolute atomic E-state index is 12.2. The van der Waals surface area contributed by atoms with Crippen LogP contribution in [0.15, 0.2) is 47.5 Å². The summed E-state index contributed by atoms with van der Waals surface area (Å²) < 4.78 is 25.6. The van der Waals surface area contributed by atoms with Gasteiger partial charge in [0.05, 0.1) is 16.8 Å². The highest BCUT2D eigenvalue weighted by atomic mass is 32.2. The summed E-state index contributed by atoms with van der Waals surface area (Å²) in [6, 6.07) is 10.8. The van der Waals surface area contributed by atoms with Gasteiger partial charge in [0.15, 0.2) is 0 Å². The lowest BCUT2D eigenvalue weighted by atomic mass is 10.1. The Hall–Kier alpha value is -1.92. The summed E-state index contributed by atoms with van der Waals surface area (Å²) in [6.45, 7) is 3.92. The third-order valence-electron chi connectivity index (χ3n) is 3.43. The summed E-state index contributed by atoms with van der Waals surface area (Å²) in [4.78, 5) is 4.54. The lowest BCUT2D eigenvalue weighted by molar-refractivity contribution is 0.520. The Labute approximate surface area is 132 Å². The van der Waals surface area contributed by atoms with Crippen LogP contribution in [0.4, 0.5) is 5.69 Å². The van der Waals surface area contributed by atoms with Gasteiger partial charge in [-0.25, -0.2) is 12.7 Å². The summed E-state index contributed by atoms with van der Waals surface area (Å²) in [6.07, 6.45) is 1.77. The second kappa shape index (κ2) is 6.46. The smallest absolute Gasteiger partial charge is 0.242 e. The molecular formula is C16H21N3O2S. The van der Waals surface area contributed by atoms with Crippen LogP contribution in [0.5, 0.6) is 0 Å². The molecule has 0 spiro atoms. The van der Waals surface area contributed by atoms with Gasteiger partial charge in [0.1, 0.15) is 0 Å². The minimum atomic E-state index is -3.42. The van der Waals surface area contributed by atoms with Crippen LogP contribution in [0.3, 0.4) is 0 Å². The zero-order chi connectivity index (χ0) is 16.3. The SMILES string of the molecule is Cc1ccc(N[C@H](C)c2cccc(S(=O)(=O)N(C)C)c2)cn1. The molecule has 1 N–H and O–H groups in total. The molecule has 0 saturated heterocycles. The Bertz CT molecular complexity index is 740. The summed E-state index contributed by atoms with van der Waals surface area (Å²) in [5.74, 6) is 0. The molecule has 2 aromatic rings. The monoisotopic (exact) mass is 319 g/mol. The van der Waals surface area contributed by atoms with Crippen molar-refractivity contribution in [3.63, 3.8) is 0 Å². The van der Waals surface area contributed by atoms with E-state index in [1.54, 1.807) is 24.4 Å². The molecule has 0 saturated carbocycles. The Morgan fingerprint density at radius 2 is 1.91 bits per heavy atom. The highest BCUT2D eigenvalue weighted by molar-refractivity contribution is 7.89. The lowest BCUT2D eigenvalue weighted by Gasteiger charge is -2.17. The summed E-state index contributed by atoms with van der Waals surface area (Å²) in [5, 5.41) is 3.32. The van der Waals surface area contributed by atoms with Gasteiger partial charge in [-0.05, 0) is 43.7 Å². The van der Waals surface area contributed by atoms with Gasteiger partial charge >= 0.3 is 0 Å². The van der Waals surface area contributed by atoms with Crippen LogP contribution in [0.25, 0.3) is 0 Å². The molecule has 1 aromatic heterocycles. The van der Waals surface area contributed by atoms with Gasteiger partial charge in [-0.3, -0.25) is 4.98 Å². The third-order valence-corrected chi connectivity index (χ3v) is 5.24. The van der Waals surface area contributed by atoms with Crippen LogP contribution in [-0.4, -0.2) is 31.8 Å². The van der Waals surface area contributed by atoms with Crippen molar-refractivity contribution in [3.8, 4) is 0 Å². The minimum Gasteiger partial charge on any atom is -0.377 e. The van der Waals surface area contributed by atoms with Crippen LogP contribution < -0.4 is 5.32 Å². The normalized spacial score (nSPS) is 13.1. The second-order valence-corrected chi connectivity index (χ2v) is 7.57. The number of pyridine rings is 1. The summed E-state index contributed by atoms with van der Waals surface area (Å²) in [7, 11) is -0.359. The van der Waals surface area contributed by atoms with Gasteiger partial charge in [0.2, 0.25) is 10.0 Å². The first kappa shape index (κ1) is 16.5. The molecule has 0 aliphatic carbocycles. The maximum atomic E-state index is 12.2. The number of anilines is 1. The topological polar surface area (TPSA) is 62.3 Å². The number of hydrogen-bond acceptors (Lipinski definition) is 4. The van der Waals surface area contributed by atoms with E-state index in [1.165, 1.54) is 18.4 Å². The first-order valence-electron chi connectivity index (χ1n) is 7.02. The quantitative estimate of drug-likeness (QED) is 0.920. The van der Waals surface area contributed by atoms with Crippen molar-refractivity contribution in [3.05, 3.63) is 53.9 Å². The third kappa shape index (κ3) is 3.64. The van der Waals surface area contributed by atoms with E-state index in [-0.39, 0.29) is 6.04 Å². The van der Waals surface area contributed by atoms with Gasteiger partial charge in [0, 0.05) is 25.8 Å². The fraction of sp³-hybridized carbons (Fsp3) is 0.312. The molecule has 1 heterocycles. The standard InChI is InChI=1S/C16H21N3O2S/c1-12-8-9-15(11-17-12)18-13(2)14-6-5-7-16(10-14)22(20,21)19(3)4/h5-11,13,18H,1-4H3/t13-/m1/s1. The van der Waals surface area contributed by atoms with Gasteiger partial charge in [-0.2, -0.15) is 0 Å². The average molecular weight is 319 g/mol. The molecule has 0 aliphatic rings. The van der Waals surface area contributed by atoms with E-state index in [1.807, 2.05) is 32.0 Å². The van der Waals surface area contributed by atoms with Crippen molar-refractivity contribution in [2.24, 2.45) is 0 Å². The number of aromatic nitrogens is 1. The van der Waals surface area contributed by atoms with E-state index in [9.17, 15) is 8.42 Å². The number of nitrogens with one attached hydrogen (secondary N) is 1. The van der Waals surface area contributed by atoms with Crippen LogP contribution in [0.2, 0.25) is 0 Å². The molecule has 6 heteroatoms. The maximum Gasteiger partial charge on any atom is 0.242 e. The number of sulfonamides is 1. The lowest BCUT2D eigenvalue weighted by Crippen LogP contribution is -2.22. The number of aryl methyl sites for hydroxylation is 1. The van der Waals surface area contributed by atoms with Gasteiger partial charge in [-0.1, -0.05) is 12.1 Å². The molecule has 0 amide bonds. The molecule has 0 radical (unpaired) electrons. The number of benzene rings is 1. The van der Waals surface area contributed by atoms with Gasteiger partial charge < -0.3 is 5.32 Å². The molecule has 0 unspecified atom stereocenters. The fourth-order valence-electron chi connectivity index (χ4n) is 2.04. The van der Waals surface area contributed by atoms with Gasteiger partial charge in [0.25, 0.3) is 0 Å². The molecule has 1 atom stereocenters. The van der Waals surface area contributed by atoms with E-state index >= 15 is 0 Å². The van der Waals surface area contributed by atoms with Crippen molar-refractivity contribution in [1.82, 2.24) is 9.29 Å². The molecule has 0 aliphatic heterocycles. The zero-order valence-corrected chi connectivity index (χ0v) is 14.1. The largest absolute Gasteiger partial charge is 0.377 e. The van der Waals surface area contributed by atoms with Crippen molar-refractivity contribution in [2.45, 2.75) is 24.8 Å². The first-order chi connectivity index (χ1) is 10.3. The average Bonchev–Trinajstić information content (AvgIpc) is 2.49. The van der Waals surface area contributed by atoms with Crippen molar-refractivity contribution >= 4 is 15.7 Å². The van der Waals surface area contributed by atoms with E-state index in [4.69, 9.17) is 0 Å². The van der Waals surface area contributed by atoms with Crippen LogP contribution in [0.1, 0.15) is 24.2 Å². The van der Waals surface area contributed by atoms with Crippen LogP contribution in [0, 0.1) is 6.92 Å². The molecule has 118 valence electrons. The number of nitrogens with zero attached hydrogens (tertiary/aromatic N) is 2. The molecule has 0 fully saturated rings. The molecule has 5 nitrogen and oxygen atoms in total. The Morgan fingerprint density at radius 3 is 2.50 bits per heavy atom. The molecular weight excluding hydrogens is 298 g/mol. The Kier molecular flexibility index (Phi) is 4.83. The summed E-state index contributed by atoms with van der Waals surface area (Å²) in [5.41, 5.74) is 2.76. The first-order valence-corrected chi connectivity index (χ1v) is 8.46. The van der Waals surface area contributed by atoms with E-state index < -0.39 is 10.0 Å². The summed E-state index contributed by atoms with van der Waals surface area (Å²) >= 11 is 0. The van der Waals surface area contributed by atoms with Gasteiger partial charge in [-0.15, -0.1) is 0 Å². The molecule has 0 bridgehead atoms. The Balaban J connectivity index is 2.24. The Morgan fingerprint density at radius 1 is 1.18 bits per heavy atom. The highest BCUT2D eigenvalue weighted by Gasteiger charge is 2.18. The molecule has 22 heavy (non-hydrogen) atoms. The second-order valence-electron chi connectivity index (χ2n) is 5.41. The predicted octanol–water partition coefficient (Wildman–Crippen LogP) is 2.81. The predicted molar refractivity (Wildman–Crippen MR) is 88.3 cm³/mol. The number of rotatable bonds is 5. The minimum absolute atomic E-state index is 0.0261. The van der Waals surface area contributed by atoms with E-state index in [0.29, 0.717) is 4.90 Å². The van der Waals surface area contributed by atoms with E-state index in [0.717, 1.165) is 16.9 Å². The van der Waals surface area contributed by atoms with E-state index in [2.05, 4.69) is 10.3 Å². The van der Waals surface area contributed by atoms with Crippen LogP contribution >= 0.6 is 0 Å². The zero-order valence-electron chi connectivity index (χ0n) is 13.2. The highest BCUT2D eigenvalue weighted by Crippen LogP contribution is 2.22. The van der Waals surface area contributed by atoms with Crippen molar-refractivity contribution in [1.29, 1.82) is 0 Å². The van der Waals surface area contributed by atoms with Crippen molar-refractivity contribution < 1.29 is 8.42 Å².